The van der Waals surface area contributed by atoms with Crippen molar-refractivity contribution in [2.45, 2.75) is 33.0 Å². The van der Waals surface area contributed by atoms with Gasteiger partial charge in [-0.2, -0.15) is 0 Å². The molecule has 0 fully saturated rings. The van der Waals surface area contributed by atoms with Crippen molar-refractivity contribution in [3.05, 3.63) is 58.6 Å². The minimum absolute atomic E-state index is 0. The van der Waals surface area contributed by atoms with E-state index in [4.69, 9.17) is 21.1 Å². The van der Waals surface area contributed by atoms with Crippen LogP contribution in [0.4, 0.5) is 0 Å². The maximum absolute atomic E-state index is 5.98. The fourth-order valence-electron chi connectivity index (χ4n) is 2.05. The van der Waals surface area contributed by atoms with E-state index in [1.165, 1.54) is 5.56 Å². The van der Waals surface area contributed by atoms with Crippen molar-refractivity contribution in [3.8, 4) is 11.5 Å². The first-order chi connectivity index (χ1) is 10.6. The van der Waals surface area contributed by atoms with Gasteiger partial charge in [0.25, 0.3) is 0 Å². The number of nitrogens with one attached hydrogen (secondary N) is 1. The second kappa shape index (κ2) is 9.66. The van der Waals surface area contributed by atoms with Gasteiger partial charge in [-0.3, -0.25) is 0 Å². The molecule has 5 heteroatoms. The molecule has 0 aliphatic carbocycles. The minimum Gasteiger partial charge on any atom is -1.00 e. The van der Waals surface area contributed by atoms with Crippen LogP contribution in [0.25, 0.3) is 0 Å². The van der Waals surface area contributed by atoms with E-state index >= 15 is 0 Å². The van der Waals surface area contributed by atoms with Crippen LogP contribution in [0.5, 0.6) is 11.5 Å². The van der Waals surface area contributed by atoms with Crippen LogP contribution in [0, 0.1) is 0 Å². The number of halogens is 2. The molecule has 2 rings (SSSR count). The summed E-state index contributed by atoms with van der Waals surface area (Å²) in [6, 6.07) is 14.1. The van der Waals surface area contributed by atoms with E-state index in [-0.39, 0.29) is 12.4 Å². The van der Waals surface area contributed by atoms with Crippen LogP contribution in [-0.2, 0) is 13.2 Å². The number of hydrogen-bond donors (Lipinski definition) is 1. The standard InChI is InChI=1S/C18H22ClNO2.ClH/c1-13(2)20-11-14-7-8-17(18(10-14)21-3)22-12-15-5-4-6-16(19)9-15;/h4-10,13,20H,11-12H2,1-3H3;1H/p-1. The molecular weight excluding hydrogens is 333 g/mol. The Morgan fingerprint density at radius 3 is 2.48 bits per heavy atom. The van der Waals surface area contributed by atoms with Gasteiger partial charge in [0.2, 0.25) is 0 Å². The fraction of sp³-hybridized carbons (Fsp3) is 0.333. The minimum atomic E-state index is 0. The summed E-state index contributed by atoms with van der Waals surface area (Å²) in [5.74, 6) is 1.47. The van der Waals surface area contributed by atoms with E-state index in [0.29, 0.717) is 17.7 Å². The third-order valence-electron chi connectivity index (χ3n) is 3.23. The summed E-state index contributed by atoms with van der Waals surface area (Å²) in [6.45, 7) is 5.52. The Kier molecular flexibility index (Phi) is 8.24. The lowest BCUT2D eigenvalue weighted by atomic mass is 10.2. The summed E-state index contributed by atoms with van der Waals surface area (Å²) in [7, 11) is 1.65. The van der Waals surface area contributed by atoms with Crippen LogP contribution >= 0.6 is 11.6 Å². The first-order valence-corrected chi connectivity index (χ1v) is 7.74. The first-order valence-electron chi connectivity index (χ1n) is 7.36. The molecule has 2 aromatic carbocycles. The third-order valence-corrected chi connectivity index (χ3v) is 3.46. The molecule has 0 unspecified atom stereocenters. The van der Waals surface area contributed by atoms with Crippen LogP contribution in [0.15, 0.2) is 42.5 Å². The second-order valence-electron chi connectivity index (χ2n) is 5.44. The van der Waals surface area contributed by atoms with Crippen molar-refractivity contribution in [2.24, 2.45) is 0 Å². The first kappa shape index (κ1) is 19.6. The van der Waals surface area contributed by atoms with Gasteiger partial charge in [-0.25, -0.2) is 0 Å². The van der Waals surface area contributed by atoms with Gasteiger partial charge < -0.3 is 27.2 Å². The molecule has 0 bridgehead atoms. The van der Waals surface area contributed by atoms with Crippen LogP contribution in [-0.4, -0.2) is 13.2 Å². The quantitative estimate of drug-likeness (QED) is 0.815. The average molecular weight is 355 g/mol. The number of hydrogen-bond acceptors (Lipinski definition) is 3. The summed E-state index contributed by atoms with van der Waals surface area (Å²) in [6.07, 6.45) is 0. The highest BCUT2D eigenvalue weighted by Gasteiger charge is 2.07. The van der Waals surface area contributed by atoms with E-state index in [0.717, 1.165) is 23.6 Å². The van der Waals surface area contributed by atoms with Gasteiger partial charge in [-0.1, -0.05) is 43.6 Å². The van der Waals surface area contributed by atoms with Gasteiger partial charge in [0.05, 0.1) is 7.11 Å². The SMILES string of the molecule is COc1cc(CNC(C)C)ccc1OCc1cccc(Cl)c1.[Cl-]. The van der Waals surface area contributed by atoms with Crippen molar-refractivity contribution >= 4 is 11.6 Å². The zero-order valence-electron chi connectivity index (χ0n) is 13.6. The summed E-state index contributed by atoms with van der Waals surface area (Å²) in [5.41, 5.74) is 2.20. The van der Waals surface area contributed by atoms with Crippen molar-refractivity contribution < 1.29 is 21.9 Å². The molecule has 0 amide bonds. The maximum atomic E-state index is 5.98. The molecule has 3 nitrogen and oxygen atoms in total. The Bertz CT molecular complexity index is 618. The van der Waals surface area contributed by atoms with Gasteiger partial charge >= 0.3 is 0 Å². The highest BCUT2D eigenvalue weighted by Crippen LogP contribution is 2.29. The number of rotatable bonds is 7. The molecule has 0 saturated heterocycles. The van der Waals surface area contributed by atoms with Gasteiger partial charge in [0.15, 0.2) is 11.5 Å². The van der Waals surface area contributed by atoms with Crippen molar-refractivity contribution in [2.75, 3.05) is 7.11 Å². The topological polar surface area (TPSA) is 30.5 Å². The normalized spacial score (nSPS) is 10.3. The van der Waals surface area contributed by atoms with E-state index < -0.39 is 0 Å². The van der Waals surface area contributed by atoms with Crippen molar-refractivity contribution in [3.63, 3.8) is 0 Å². The summed E-state index contributed by atoms with van der Waals surface area (Å²) < 4.78 is 11.3. The summed E-state index contributed by atoms with van der Waals surface area (Å²) in [4.78, 5) is 0. The molecule has 0 heterocycles. The Labute approximate surface area is 149 Å². The van der Waals surface area contributed by atoms with Crippen LogP contribution in [0.2, 0.25) is 5.02 Å². The van der Waals surface area contributed by atoms with Gasteiger partial charge in [-0.05, 0) is 35.4 Å². The molecule has 126 valence electrons. The number of methoxy groups -OCH3 is 1. The second-order valence-corrected chi connectivity index (χ2v) is 5.88. The maximum Gasteiger partial charge on any atom is 0.161 e. The number of benzene rings is 2. The average Bonchev–Trinajstić information content (AvgIpc) is 2.51. The monoisotopic (exact) mass is 354 g/mol. The molecular formula is C18H22Cl2NO2-. The lowest BCUT2D eigenvalue weighted by Gasteiger charge is -2.13. The molecule has 23 heavy (non-hydrogen) atoms. The molecule has 0 aliphatic heterocycles. The Balaban J connectivity index is 0.00000264. The largest absolute Gasteiger partial charge is 1.00 e. The Morgan fingerprint density at radius 2 is 1.83 bits per heavy atom. The van der Waals surface area contributed by atoms with Crippen molar-refractivity contribution in [1.29, 1.82) is 0 Å². The van der Waals surface area contributed by atoms with Crippen LogP contribution in [0.1, 0.15) is 25.0 Å². The predicted molar refractivity (Wildman–Crippen MR) is 90.8 cm³/mol. The lowest BCUT2D eigenvalue weighted by molar-refractivity contribution is -0.00000523. The zero-order valence-corrected chi connectivity index (χ0v) is 15.1. The highest BCUT2D eigenvalue weighted by atomic mass is 35.5. The highest BCUT2D eigenvalue weighted by molar-refractivity contribution is 6.30. The van der Waals surface area contributed by atoms with Crippen LogP contribution in [0.3, 0.4) is 0 Å². The molecule has 1 N–H and O–H groups in total. The van der Waals surface area contributed by atoms with Gasteiger partial charge in [0.1, 0.15) is 6.61 Å². The van der Waals surface area contributed by atoms with Crippen LogP contribution < -0.4 is 27.2 Å². The summed E-state index contributed by atoms with van der Waals surface area (Å²) in [5, 5.41) is 4.10. The Morgan fingerprint density at radius 1 is 1.04 bits per heavy atom. The van der Waals surface area contributed by atoms with E-state index in [9.17, 15) is 0 Å². The van der Waals surface area contributed by atoms with E-state index in [1.807, 2.05) is 42.5 Å². The van der Waals surface area contributed by atoms with Crippen molar-refractivity contribution in [1.82, 2.24) is 5.32 Å². The third kappa shape index (κ3) is 6.30. The number of ether oxygens (including phenoxy) is 2. The van der Waals surface area contributed by atoms with E-state index in [1.54, 1.807) is 7.11 Å². The van der Waals surface area contributed by atoms with Gasteiger partial charge in [-0.15, -0.1) is 0 Å². The molecule has 0 saturated carbocycles. The zero-order chi connectivity index (χ0) is 15.9. The molecule has 0 spiro atoms. The molecule has 2 aromatic rings. The predicted octanol–water partition coefficient (Wildman–Crippen LogP) is 1.43. The van der Waals surface area contributed by atoms with Gasteiger partial charge in [0, 0.05) is 17.6 Å². The summed E-state index contributed by atoms with van der Waals surface area (Å²) >= 11 is 5.98. The molecule has 0 atom stereocenters. The molecule has 0 aromatic heterocycles. The smallest absolute Gasteiger partial charge is 0.161 e. The van der Waals surface area contributed by atoms with E-state index in [2.05, 4.69) is 19.2 Å². The fourth-order valence-corrected chi connectivity index (χ4v) is 2.26. The molecule has 0 radical (unpaired) electrons. The molecule has 0 aliphatic rings. The Hall–Kier alpha value is -1.42. The lowest BCUT2D eigenvalue weighted by Crippen LogP contribution is -3.00.